The Morgan fingerprint density at radius 2 is 1.46 bits per heavy atom. The van der Waals surface area contributed by atoms with Crippen molar-refractivity contribution in [3.05, 3.63) is 78.9 Å². The van der Waals surface area contributed by atoms with E-state index in [0.29, 0.717) is 29.4 Å². The number of nitrogens with one attached hydrogen (secondary N) is 2. The Morgan fingerprint density at radius 1 is 0.886 bits per heavy atom. The summed E-state index contributed by atoms with van der Waals surface area (Å²) in [6.07, 6.45) is 1.03. The highest BCUT2D eigenvalue weighted by Crippen LogP contribution is 2.23. The van der Waals surface area contributed by atoms with E-state index in [2.05, 4.69) is 10.0 Å². The predicted molar refractivity (Wildman–Crippen MR) is 137 cm³/mol. The SMILES string of the molecule is CCOc1ccc(NS(=O)(=O)c2ccc(NC(=O)[C@H](C)N(c3ccccc3)S(C)(=O)=O)cc2)cc1. The molecule has 0 unspecified atom stereocenters. The summed E-state index contributed by atoms with van der Waals surface area (Å²) < 4.78 is 59.0. The molecule has 2 N–H and O–H groups in total. The molecule has 0 aliphatic heterocycles. The zero-order chi connectivity index (χ0) is 25.6. The van der Waals surface area contributed by atoms with Crippen LogP contribution in [0.4, 0.5) is 17.1 Å². The van der Waals surface area contributed by atoms with Gasteiger partial charge in [0.2, 0.25) is 15.9 Å². The van der Waals surface area contributed by atoms with Gasteiger partial charge in [-0.05, 0) is 74.5 Å². The third-order valence-electron chi connectivity index (χ3n) is 4.95. The van der Waals surface area contributed by atoms with E-state index < -0.39 is 32.0 Å². The Kier molecular flexibility index (Phi) is 8.03. The summed E-state index contributed by atoms with van der Waals surface area (Å²) in [5, 5.41) is 2.64. The molecule has 3 aromatic carbocycles. The van der Waals surface area contributed by atoms with E-state index in [1.807, 2.05) is 6.92 Å². The molecule has 0 aliphatic rings. The van der Waals surface area contributed by atoms with Gasteiger partial charge in [0.05, 0.1) is 23.4 Å². The minimum Gasteiger partial charge on any atom is -0.494 e. The molecule has 0 saturated carbocycles. The second-order valence-corrected chi connectivity index (χ2v) is 11.2. The maximum atomic E-state index is 12.8. The number of para-hydroxylation sites is 1. The van der Waals surface area contributed by atoms with Crippen LogP contribution in [0.25, 0.3) is 0 Å². The molecule has 11 heteroatoms. The highest BCUT2D eigenvalue weighted by molar-refractivity contribution is 7.92. The van der Waals surface area contributed by atoms with Gasteiger partial charge in [0.15, 0.2) is 0 Å². The smallest absolute Gasteiger partial charge is 0.261 e. The van der Waals surface area contributed by atoms with Crippen molar-refractivity contribution < 1.29 is 26.4 Å². The van der Waals surface area contributed by atoms with E-state index in [9.17, 15) is 21.6 Å². The van der Waals surface area contributed by atoms with Crippen LogP contribution in [0.5, 0.6) is 5.75 Å². The fourth-order valence-electron chi connectivity index (χ4n) is 3.35. The van der Waals surface area contributed by atoms with Crippen molar-refractivity contribution in [3.63, 3.8) is 0 Å². The summed E-state index contributed by atoms with van der Waals surface area (Å²) in [7, 11) is -7.60. The van der Waals surface area contributed by atoms with Gasteiger partial charge in [-0.2, -0.15) is 0 Å². The van der Waals surface area contributed by atoms with Gasteiger partial charge < -0.3 is 10.1 Å². The minimum absolute atomic E-state index is 0.000481. The van der Waals surface area contributed by atoms with Crippen LogP contribution >= 0.6 is 0 Å². The highest BCUT2D eigenvalue weighted by atomic mass is 32.2. The summed E-state index contributed by atoms with van der Waals surface area (Å²) in [5.74, 6) is 0.0638. The Hall–Kier alpha value is -3.57. The maximum Gasteiger partial charge on any atom is 0.261 e. The van der Waals surface area contributed by atoms with E-state index in [4.69, 9.17) is 4.74 Å². The van der Waals surface area contributed by atoms with Gasteiger partial charge in [0.25, 0.3) is 10.0 Å². The second kappa shape index (κ2) is 10.8. The lowest BCUT2D eigenvalue weighted by molar-refractivity contribution is -0.116. The largest absolute Gasteiger partial charge is 0.494 e. The molecule has 0 radical (unpaired) electrons. The number of carbonyl (C=O) groups excluding carboxylic acids is 1. The van der Waals surface area contributed by atoms with Crippen LogP contribution in [0.15, 0.2) is 83.8 Å². The van der Waals surface area contributed by atoms with E-state index in [0.717, 1.165) is 10.6 Å². The third kappa shape index (κ3) is 6.74. The summed E-state index contributed by atoms with van der Waals surface area (Å²) in [4.78, 5) is 12.8. The standard InChI is InChI=1S/C24H27N3O6S2/c1-4-33-22-14-10-20(11-15-22)26-35(31,32)23-16-12-19(13-17-23)25-24(28)18(2)27(34(3,29)30)21-8-6-5-7-9-21/h5-18,26H,4H2,1-3H3,(H,25,28)/t18-/m0/s1. The summed E-state index contributed by atoms with van der Waals surface area (Å²) in [6, 6.07) is 19.3. The molecular weight excluding hydrogens is 490 g/mol. The molecule has 0 fully saturated rings. The Balaban J connectivity index is 1.71. The quantitative estimate of drug-likeness (QED) is 0.423. The fourth-order valence-corrected chi connectivity index (χ4v) is 5.58. The maximum absolute atomic E-state index is 12.8. The lowest BCUT2D eigenvalue weighted by Crippen LogP contribution is -2.45. The zero-order valence-corrected chi connectivity index (χ0v) is 21.1. The number of sulfonamides is 2. The van der Waals surface area contributed by atoms with Gasteiger partial charge in [-0.15, -0.1) is 0 Å². The van der Waals surface area contributed by atoms with Gasteiger partial charge in [0, 0.05) is 11.4 Å². The van der Waals surface area contributed by atoms with Crippen molar-refractivity contribution in [1.82, 2.24) is 0 Å². The predicted octanol–water partition coefficient (Wildman–Crippen LogP) is 3.68. The van der Waals surface area contributed by atoms with Crippen molar-refractivity contribution in [1.29, 1.82) is 0 Å². The first-order chi connectivity index (χ1) is 16.5. The average molecular weight is 518 g/mol. The van der Waals surface area contributed by atoms with Gasteiger partial charge >= 0.3 is 0 Å². The topological polar surface area (TPSA) is 122 Å². The first-order valence-corrected chi connectivity index (χ1v) is 14.1. The molecule has 0 spiro atoms. The molecule has 0 aliphatic carbocycles. The highest BCUT2D eigenvalue weighted by Gasteiger charge is 2.29. The molecule has 3 aromatic rings. The Labute approximate surface area is 205 Å². The first-order valence-electron chi connectivity index (χ1n) is 10.7. The molecule has 1 atom stereocenters. The molecule has 186 valence electrons. The van der Waals surface area contributed by atoms with Gasteiger partial charge in [-0.1, -0.05) is 18.2 Å². The van der Waals surface area contributed by atoms with E-state index in [1.54, 1.807) is 54.6 Å². The Morgan fingerprint density at radius 3 is 2.00 bits per heavy atom. The van der Waals surface area contributed by atoms with Crippen LogP contribution in [0, 0.1) is 0 Å². The molecular formula is C24H27N3O6S2. The number of benzene rings is 3. The van der Waals surface area contributed by atoms with Crippen molar-refractivity contribution in [2.75, 3.05) is 27.2 Å². The summed E-state index contributed by atoms with van der Waals surface area (Å²) in [5.41, 5.74) is 1.06. The summed E-state index contributed by atoms with van der Waals surface area (Å²) in [6.45, 7) is 3.84. The number of hydrogen-bond donors (Lipinski definition) is 2. The van der Waals surface area contributed by atoms with Crippen LogP contribution < -0.4 is 19.1 Å². The number of nitrogens with zero attached hydrogens (tertiary/aromatic N) is 1. The van der Waals surface area contributed by atoms with Crippen molar-refractivity contribution in [2.45, 2.75) is 24.8 Å². The molecule has 0 saturated heterocycles. The number of anilines is 3. The van der Waals surface area contributed by atoms with Gasteiger partial charge in [-0.25, -0.2) is 16.8 Å². The number of carbonyl (C=O) groups is 1. The third-order valence-corrected chi connectivity index (χ3v) is 7.59. The summed E-state index contributed by atoms with van der Waals surface area (Å²) >= 11 is 0. The number of rotatable bonds is 10. The average Bonchev–Trinajstić information content (AvgIpc) is 2.80. The molecule has 3 rings (SSSR count). The zero-order valence-electron chi connectivity index (χ0n) is 19.5. The van der Waals surface area contributed by atoms with Crippen LogP contribution in [0.3, 0.4) is 0 Å². The second-order valence-electron chi connectivity index (χ2n) is 7.65. The van der Waals surface area contributed by atoms with Crippen LogP contribution in [0.1, 0.15) is 13.8 Å². The fraction of sp³-hybridized carbons (Fsp3) is 0.208. The molecule has 0 bridgehead atoms. The molecule has 1 amide bonds. The van der Waals surface area contributed by atoms with Crippen LogP contribution in [-0.2, 0) is 24.8 Å². The molecule has 9 nitrogen and oxygen atoms in total. The number of amides is 1. The molecule has 0 heterocycles. The molecule has 35 heavy (non-hydrogen) atoms. The number of ether oxygens (including phenoxy) is 1. The van der Waals surface area contributed by atoms with Crippen LogP contribution in [-0.4, -0.2) is 41.6 Å². The Bertz CT molecular complexity index is 1360. The minimum atomic E-state index is -3.86. The van der Waals surface area contributed by atoms with E-state index in [1.165, 1.54) is 31.2 Å². The van der Waals surface area contributed by atoms with Gasteiger partial charge in [-0.3, -0.25) is 13.8 Å². The van der Waals surface area contributed by atoms with Gasteiger partial charge in [0.1, 0.15) is 11.8 Å². The number of hydrogen-bond acceptors (Lipinski definition) is 6. The van der Waals surface area contributed by atoms with Crippen LogP contribution in [0.2, 0.25) is 0 Å². The lowest BCUT2D eigenvalue weighted by Gasteiger charge is -2.28. The van der Waals surface area contributed by atoms with Crippen molar-refractivity contribution in [2.24, 2.45) is 0 Å². The monoisotopic (exact) mass is 517 g/mol. The normalized spacial score (nSPS) is 12.4. The first kappa shape index (κ1) is 26.0. The van der Waals surface area contributed by atoms with Crippen molar-refractivity contribution >= 4 is 43.0 Å². The molecule has 0 aromatic heterocycles. The lowest BCUT2D eigenvalue weighted by atomic mass is 10.2. The van der Waals surface area contributed by atoms with Crippen molar-refractivity contribution in [3.8, 4) is 5.75 Å². The van der Waals surface area contributed by atoms with E-state index >= 15 is 0 Å². The van der Waals surface area contributed by atoms with E-state index in [-0.39, 0.29) is 4.90 Å².